The Hall–Kier alpha value is -1.25. The highest BCUT2D eigenvalue weighted by Gasteiger charge is 2.60. The van der Waals surface area contributed by atoms with Gasteiger partial charge in [-0.2, -0.15) is 0 Å². The second-order valence-electron chi connectivity index (χ2n) is 12.8. The molecular formula is C27H43NO6. The van der Waals surface area contributed by atoms with Gasteiger partial charge in [0.25, 0.3) is 0 Å². The van der Waals surface area contributed by atoms with E-state index in [9.17, 15) is 30.7 Å². The minimum Gasteiger partial charge on any atom is -0.411 e. The van der Waals surface area contributed by atoms with Crippen molar-refractivity contribution in [3.63, 3.8) is 0 Å². The van der Waals surface area contributed by atoms with Crippen LogP contribution in [0.5, 0.6) is 0 Å². The predicted molar refractivity (Wildman–Crippen MR) is 129 cm³/mol. The van der Waals surface area contributed by atoms with E-state index in [0.717, 1.165) is 24.0 Å². The zero-order valence-corrected chi connectivity index (χ0v) is 21.2. The monoisotopic (exact) mass is 477 g/mol. The molecule has 0 unspecified atom stereocenters. The molecule has 0 radical (unpaired) electrons. The number of allylic oxidation sites excluding steroid dienone is 4. The van der Waals surface area contributed by atoms with Gasteiger partial charge in [0.1, 0.15) is 0 Å². The van der Waals surface area contributed by atoms with Crippen LogP contribution in [0.1, 0.15) is 79.6 Å². The number of oxime groups is 1. The zero-order chi connectivity index (χ0) is 25.3. The van der Waals surface area contributed by atoms with Gasteiger partial charge in [0, 0.05) is 11.8 Å². The van der Waals surface area contributed by atoms with Gasteiger partial charge in [-0.3, -0.25) is 0 Å². The molecule has 0 aromatic heterocycles. The van der Waals surface area contributed by atoms with Crippen molar-refractivity contribution in [2.24, 2.45) is 33.7 Å². The van der Waals surface area contributed by atoms with Crippen LogP contribution in [0.4, 0.5) is 0 Å². The molecule has 7 heteroatoms. The number of fused-ring (bicyclic) bond motifs is 5. The lowest BCUT2D eigenvalue weighted by Gasteiger charge is -2.57. The first-order valence-corrected chi connectivity index (χ1v) is 12.8. The van der Waals surface area contributed by atoms with Crippen molar-refractivity contribution in [1.29, 1.82) is 0 Å². The molecule has 2 saturated carbocycles. The number of aliphatic hydroxyl groups is 5. The molecular weight excluding hydrogens is 434 g/mol. The van der Waals surface area contributed by atoms with E-state index < -0.39 is 29.5 Å². The summed E-state index contributed by atoms with van der Waals surface area (Å²) in [5.74, 6) is -0.153. The molecule has 0 aromatic carbocycles. The van der Waals surface area contributed by atoms with E-state index in [-0.39, 0.29) is 28.6 Å². The molecule has 0 spiro atoms. The molecule has 34 heavy (non-hydrogen) atoms. The summed E-state index contributed by atoms with van der Waals surface area (Å²) in [5.41, 5.74) is -0.123. The lowest BCUT2D eigenvalue weighted by atomic mass is 9.47. The Kier molecular flexibility index (Phi) is 6.39. The second kappa shape index (κ2) is 8.41. The van der Waals surface area contributed by atoms with E-state index in [2.05, 4.69) is 25.1 Å². The number of hydrogen-bond acceptors (Lipinski definition) is 7. The zero-order valence-electron chi connectivity index (χ0n) is 21.2. The van der Waals surface area contributed by atoms with Crippen molar-refractivity contribution >= 4 is 5.71 Å². The van der Waals surface area contributed by atoms with Crippen LogP contribution >= 0.6 is 0 Å². The van der Waals surface area contributed by atoms with Gasteiger partial charge in [-0.1, -0.05) is 25.1 Å². The minimum absolute atomic E-state index is 0.126. The van der Waals surface area contributed by atoms with Gasteiger partial charge < -0.3 is 30.7 Å². The van der Waals surface area contributed by atoms with Gasteiger partial charge in [0.15, 0.2) is 0 Å². The molecule has 2 fully saturated rings. The first kappa shape index (κ1) is 25.8. The Morgan fingerprint density at radius 3 is 2.41 bits per heavy atom. The van der Waals surface area contributed by atoms with Crippen LogP contribution in [0.25, 0.3) is 0 Å². The van der Waals surface area contributed by atoms with Crippen LogP contribution in [0.3, 0.4) is 0 Å². The topological polar surface area (TPSA) is 134 Å². The lowest BCUT2D eigenvalue weighted by molar-refractivity contribution is -0.134. The highest BCUT2D eigenvalue weighted by molar-refractivity contribution is 5.99. The van der Waals surface area contributed by atoms with Crippen LogP contribution in [-0.2, 0) is 0 Å². The average Bonchev–Trinajstić information content (AvgIpc) is 3.10. The van der Waals surface area contributed by atoms with Crippen molar-refractivity contribution in [2.75, 3.05) is 0 Å². The summed E-state index contributed by atoms with van der Waals surface area (Å²) in [6, 6.07) is 0. The van der Waals surface area contributed by atoms with E-state index in [0.29, 0.717) is 37.8 Å². The van der Waals surface area contributed by atoms with Crippen LogP contribution in [-0.4, -0.2) is 66.0 Å². The van der Waals surface area contributed by atoms with Gasteiger partial charge in [-0.15, -0.1) is 0 Å². The normalized spacial score (nSPS) is 43.8. The first-order chi connectivity index (χ1) is 15.6. The highest BCUT2D eigenvalue weighted by atomic mass is 16.4. The van der Waals surface area contributed by atoms with Gasteiger partial charge in [0.2, 0.25) is 0 Å². The fourth-order valence-electron chi connectivity index (χ4n) is 7.82. The number of nitrogens with zero attached hydrogens (tertiary/aromatic N) is 1. The maximum absolute atomic E-state index is 11.6. The number of rotatable bonds is 5. The molecule has 4 aliphatic rings. The van der Waals surface area contributed by atoms with E-state index in [1.807, 2.05) is 6.08 Å². The molecule has 0 aromatic rings. The summed E-state index contributed by atoms with van der Waals surface area (Å²) in [5, 5.41) is 66.9. The summed E-state index contributed by atoms with van der Waals surface area (Å²) in [6.45, 7) is 9.43. The van der Waals surface area contributed by atoms with E-state index in [1.54, 1.807) is 20.8 Å². The third-order valence-corrected chi connectivity index (χ3v) is 9.93. The molecule has 4 rings (SSSR count). The molecule has 7 nitrogen and oxygen atoms in total. The van der Waals surface area contributed by atoms with Gasteiger partial charge in [0.05, 0.1) is 35.2 Å². The molecule has 0 saturated heterocycles. The minimum atomic E-state index is -1.33. The molecule has 0 bridgehead atoms. The third kappa shape index (κ3) is 3.97. The lowest BCUT2D eigenvalue weighted by Crippen LogP contribution is -2.56. The fraction of sp³-hybridized carbons (Fsp3) is 0.815. The van der Waals surface area contributed by atoms with Crippen LogP contribution in [0.15, 0.2) is 28.5 Å². The van der Waals surface area contributed by atoms with Crippen molar-refractivity contribution in [3.05, 3.63) is 23.3 Å². The van der Waals surface area contributed by atoms with Crippen molar-refractivity contribution in [1.82, 2.24) is 0 Å². The summed E-state index contributed by atoms with van der Waals surface area (Å²) < 4.78 is 0. The Morgan fingerprint density at radius 1 is 1.12 bits per heavy atom. The van der Waals surface area contributed by atoms with Crippen LogP contribution in [0, 0.1) is 28.6 Å². The van der Waals surface area contributed by atoms with E-state index >= 15 is 0 Å². The number of aliphatic hydroxyl groups excluding tert-OH is 3. The van der Waals surface area contributed by atoms with Gasteiger partial charge >= 0.3 is 0 Å². The Morgan fingerprint density at radius 2 is 1.79 bits per heavy atom. The maximum atomic E-state index is 11.6. The molecule has 0 amide bonds. The van der Waals surface area contributed by atoms with Gasteiger partial charge in [-0.25, -0.2) is 0 Å². The fourth-order valence-corrected chi connectivity index (χ4v) is 7.82. The van der Waals surface area contributed by atoms with Crippen molar-refractivity contribution in [3.8, 4) is 0 Å². The smallest absolute Gasteiger partial charge is 0.0916 e. The molecule has 9 atom stereocenters. The van der Waals surface area contributed by atoms with Crippen molar-refractivity contribution < 1.29 is 30.7 Å². The van der Waals surface area contributed by atoms with E-state index in [4.69, 9.17) is 0 Å². The summed E-state index contributed by atoms with van der Waals surface area (Å²) in [6.07, 6.45) is 5.41. The maximum Gasteiger partial charge on any atom is 0.0916 e. The number of hydrogen-bond donors (Lipinski definition) is 6. The summed E-state index contributed by atoms with van der Waals surface area (Å²) in [7, 11) is 0. The largest absolute Gasteiger partial charge is 0.411 e. The third-order valence-electron chi connectivity index (χ3n) is 9.93. The Labute approximate surface area is 202 Å². The summed E-state index contributed by atoms with van der Waals surface area (Å²) in [4.78, 5) is 0. The SMILES string of the molecule is CC(C)(O)CC[C@H](O)[C@](C)(O)[C@@H]1CC=C2C3=C/C(=N/O)[C@@H]4C[C@H](O)[C@H](O)C[C@]4(C)[C@@H]3CC[C@]21C. The van der Waals surface area contributed by atoms with Crippen LogP contribution < -0.4 is 0 Å². The van der Waals surface area contributed by atoms with Crippen LogP contribution in [0.2, 0.25) is 0 Å². The summed E-state index contributed by atoms with van der Waals surface area (Å²) >= 11 is 0. The Balaban J connectivity index is 1.65. The van der Waals surface area contributed by atoms with E-state index in [1.165, 1.54) is 0 Å². The first-order valence-electron chi connectivity index (χ1n) is 12.8. The Bertz CT molecular complexity index is 901. The molecule has 192 valence electrons. The molecule has 0 aliphatic heterocycles. The molecule has 4 aliphatic carbocycles. The quantitative estimate of drug-likeness (QED) is 0.266. The van der Waals surface area contributed by atoms with Gasteiger partial charge in [-0.05, 0) is 99.7 Å². The van der Waals surface area contributed by atoms with Crippen molar-refractivity contribution in [2.45, 2.75) is 109 Å². The predicted octanol–water partition coefficient (Wildman–Crippen LogP) is 2.92. The standard InChI is InChI=1S/C27H43NO6/c1-24(2,32)10-9-23(31)27(5,33)22-7-6-16-15-12-19(28-34)18-13-20(29)21(30)14-26(18,4)17(15)8-11-25(16,22)3/h6,12,17-18,20-23,29-34H,7-11,13-14H2,1-5H3/b28-19-/t17-,18+,20+,21-,22-,23+,25-,26-,27-/m1/s1. The highest BCUT2D eigenvalue weighted by Crippen LogP contribution is 2.65. The second-order valence-corrected chi connectivity index (χ2v) is 12.8. The molecule has 0 heterocycles. The average molecular weight is 478 g/mol. The molecule has 6 N–H and O–H groups in total.